The molecule has 3 nitrogen and oxygen atoms in total. The molecule has 0 bridgehead atoms. The van der Waals surface area contributed by atoms with Gasteiger partial charge in [-0.1, -0.05) is 48.5 Å². The first-order valence-corrected chi connectivity index (χ1v) is 6.59. The van der Waals surface area contributed by atoms with Crippen LogP contribution in [0.1, 0.15) is 15.9 Å². The predicted molar refractivity (Wildman–Crippen MR) is 80.7 cm³/mol. The van der Waals surface area contributed by atoms with E-state index in [1.807, 2.05) is 67.5 Å². The van der Waals surface area contributed by atoms with E-state index in [0.717, 1.165) is 16.7 Å². The summed E-state index contributed by atoms with van der Waals surface area (Å²) in [4.78, 5) is 14.2. The normalized spacial score (nSPS) is 10.8. The molecule has 0 fully saturated rings. The SMILES string of the molecule is CN(C)CC(=O)c1ccccc1-c1ccccc1CO. The maximum absolute atomic E-state index is 12.3. The van der Waals surface area contributed by atoms with E-state index in [9.17, 15) is 9.90 Å². The number of hydrogen-bond acceptors (Lipinski definition) is 3. The molecule has 2 aromatic rings. The van der Waals surface area contributed by atoms with Gasteiger partial charge in [-0.25, -0.2) is 0 Å². The van der Waals surface area contributed by atoms with Gasteiger partial charge in [-0.05, 0) is 30.8 Å². The van der Waals surface area contributed by atoms with E-state index in [-0.39, 0.29) is 12.4 Å². The van der Waals surface area contributed by atoms with Gasteiger partial charge in [-0.3, -0.25) is 4.79 Å². The van der Waals surface area contributed by atoms with E-state index in [4.69, 9.17) is 0 Å². The zero-order valence-corrected chi connectivity index (χ0v) is 11.8. The average molecular weight is 269 g/mol. The Kier molecular flexibility index (Phi) is 4.66. The monoisotopic (exact) mass is 269 g/mol. The van der Waals surface area contributed by atoms with Crippen LogP contribution in [0.5, 0.6) is 0 Å². The first-order chi connectivity index (χ1) is 9.63. The second-order valence-electron chi connectivity index (χ2n) is 5.02. The highest BCUT2D eigenvalue weighted by atomic mass is 16.3. The number of benzene rings is 2. The van der Waals surface area contributed by atoms with Crippen molar-refractivity contribution >= 4 is 5.78 Å². The van der Waals surface area contributed by atoms with E-state index < -0.39 is 0 Å². The molecule has 0 aromatic heterocycles. The molecule has 2 aromatic carbocycles. The van der Waals surface area contributed by atoms with E-state index in [2.05, 4.69) is 0 Å². The molecule has 2 rings (SSSR count). The molecule has 104 valence electrons. The summed E-state index contributed by atoms with van der Waals surface area (Å²) in [5.41, 5.74) is 3.32. The third-order valence-electron chi connectivity index (χ3n) is 3.17. The molecule has 0 saturated heterocycles. The number of Topliss-reactive ketones (excluding diaryl/α,β-unsaturated/α-hetero) is 1. The average Bonchev–Trinajstić information content (AvgIpc) is 2.46. The fourth-order valence-corrected chi connectivity index (χ4v) is 2.25. The van der Waals surface area contributed by atoms with Crippen LogP contribution in [-0.2, 0) is 6.61 Å². The van der Waals surface area contributed by atoms with Gasteiger partial charge in [0.1, 0.15) is 0 Å². The second-order valence-corrected chi connectivity index (χ2v) is 5.02. The maximum Gasteiger partial charge on any atom is 0.177 e. The third-order valence-corrected chi connectivity index (χ3v) is 3.17. The van der Waals surface area contributed by atoms with Gasteiger partial charge in [-0.2, -0.15) is 0 Å². The van der Waals surface area contributed by atoms with Crippen molar-refractivity contribution < 1.29 is 9.90 Å². The van der Waals surface area contributed by atoms with Crippen LogP contribution >= 0.6 is 0 Å². The Labute approximate surface area is 119 Å². The molecule has 0 aliphatic rings. The molecular formula is C17H19NO2. The van der Waals surface area contributed by atoms with Crippen molar-refractivity contribution in [2.24, 2.45) is 0 Å². The summed E-state index contributed by atoms with van der Waals surface area (Å²) >= 11 is 0. The Morgan fingerprint density at radius 1 is 1.00 bits per heavy atom. The molecule has 0 spiro atoms. The minimum atomic E-state index is -0.0353. The van der Waals surface area contributed by atoms with Gasteiger partial charge in [0.25, 0.3) is 0 Å². The molecule has 3 heteroatoms. The van der Waals surface area contributed by atoms with E-state index >= 15 is 0 Å². The van der Waals surface area contributed by atoms with Crippen molar-refractivity contribution in [3.63, 3.8) is 0 Å². The smallest absolute Gasteiger partial charge is 0.177 e. The first kappa shape index (κ1) is 14.4. The number of aliphatic hydroxyl groups excluding tert-OH is 1. The van der Waals surface area contributed by atoms with Gasteiger partial charge in [0.15, 0.2) is 5.78 Å². The second kappa shape index (κ2) is 6.46. The topological polar surface area (TPSA) is 40.5 Å². The first-order valence-electron chi connectivity index (χ1n) is 6.59. The molecule has 0 heterocycles. The fourth-order valence-electron chi connectivity index (χ4n) is 2.25. The lowest BCUT2D eigenvalue weighted by Crippen LogP contribution is -2.22. The Hall–Kier alpha value is -1.97. The summed E-state index contributed by atoms with van der Waals surface area (Å²) in [6.07, 6.45) is 0. The summed E-state index contributed by atoms with van der Waals surface area (Å²) in [5.74, 6) is 0.0818. The summed E-state index contributed by atoms with van der Waals surface area (Å²) in [5, 5.41) is 9.46. The highest BCUT2D eigenvalue weighted by Gasteiger charge is 2.14. The van der Waals surface area contributed by atoms with Gasteiger partial charge in [0.2, 0.25) is 0 Å². The highest BCUT2D eigenvalue weighted by Crippen LogP contribution is 2.27. The Bertz CT molecular complexity index is 605. The van der Waals surface area contributed by atoms with Crippen LogP contribution in [0.3, 0.4) is 0 Å². The zero-order valence-electron chi connectivity index (χ0n) is 11.8. The number of rotatable bonds is 5. The molecule has 0 unspecified atom stereocenters. The van der Waals surface area contributed by atoms with Crippen LogP contribution in [0.2, 0.25) is 0 Å². The Balaban J connectivity index is 2.50. The van der Waals surface area contributed by atoms with Crippen molar-refractivity contribution in [1.29, 1.82) is 0 Å². The molecule has 0 aliphatic carbocycles. The van der Waals surface area contributed by atoms with Gasteiger partial charge >= 0.3 is 0 Å². The molecule has 0 amide bonds. The van der Waals surface area contributed by atoms with E-state index in [1.54, 1.807) is 0 Å². The lowest BCUT2D eigenvalue weighted by Gasteiger charge is -2.14. The predicted octanol–water partition coefficient (Wildman–Crippen LogP) is 2.59. The summed E-state index contributed by atoms with van der Waals surface area (Å²) in [6, 6.07) is 15.2. The maximum atomic E-state index is 12.3. The van der Waals surface area contributed by atoms with Gasteiger partial charge in [0, 0.05) is 5.56 Å². The van der Waals surface area contributed by atoms with E-state index in [1.165, 1.54) is 0 Å². The lowest BCUT2D eigenvalue weighted by atomic mass is 9.93. The highest BCUT2D eigenvalue weighted by molar-refractivity contribution is 6.03. The number of nitrogens with zero attached hydrogens (tertiary/aromatic N) is 1. The zero-order chi connectivity index (χ0) is 14.5. The van der Waals surface area contributed by atoms with E-state index in [0.29, 0.717) is 12.1 Å². The van der Waals surface area contributed by atoms with Crippen LogP contribution in [0, 0.1) is 0 Å². The molecule has 0 radical (unpaired) electrons. The third kappa shape index (κ3) is 3.13. The molecule has 0 aliphatic heterocycles. The van der Waals surface area contributed by atoms with Crippen LogP contribution < -0.4 is 0 Å². The van der Waals surface area contributed by atoms with Crippen molar-refractivity contribution in [3.8, 4) is 11.1 Å². The van der Waals surface area contributed by atoms with Crippen molar-refractivity contribution in [2.45, 2.75) is 6.61 Å². The van der Waals surface area contributed by atoms with Crippen LogP contribution in [0.15, 0.2) is 48.5 Å². The van der Waals surface area contributed by atoms with Gasteiger partial charge in [-0.15, -0.1) is 0 Å². The number of carbonyl (C=O) groups is 1. The molecule has 0 atom stereocenters. The number of likely N-dealkylation sites (N-methyl/N-ethyl adjacent to an activating group) is 1. The van der Waals surface area contributed by atoms with Crippen molar-refractivity contribution in [2.75, 3.05) is 20.6 Å². The largest absolute Gasteiger partial charge is 0.392 e. The Morgan fingerprint density at radius 3 is 2.25 bits per heavy atom. The molecule has 0 saturated carbocycles. The summed E-state index contributed by atoms with van der Waals surface area (Å²) in [6.45, 7) is 0.338. The quantitative estimate of drug-likeness (QED) is 0.848. The van der Waals surface area contributed by atoms with Gasteiger partial charge in [0.05, 0.1) is 13.2 Å². The summed E-state index contributed by atoms with van der Waals surface area (Å²) in [7, 11) is 3.75. The molecule has 1 N–H and O–H groups in total. The van der Waals surface area contributed by atoms with Crippen molar-refractivity contribution in [1.82, 2.24) is 4.90 Å². The van der Waals surface area contributed by atoms with Crippen molar-refractivity contribution in [3.05, 3.63) is 59.7 Å². The Morgan fingerprint density at radius 2 is 1.60 bits per heavy atom. The molecular weight excluding hydrogens is 250 g/mol. The standard InChI is InChI=1S/C17H19NO2/c1-18(2)11-17(20)16-10-6-5-9-15(16)14-8-4-3-7-13(14)12-19/h3-10,19H,11-12H2,1-2H3. The minimum Gasteiger partial charge on any atom is -0.392 e. The lowest BCUT2D eigenvalue weighted by molar-refractivity contribution is 0.0958. The number of ketones is 1. The van der Waals surface area contributed by atoms with Crippen LogP contribution in [0.25, 0.3) is 11.1 Å². The summed E-state index contributed by atoms with van der Waals surface area (Å²) < 4.78 is 0. The number of carbonyl (C=O) groups excluding carboxylic acids is 1. The van der Waals surface area contributed by atoms with Gasteiger partial charge < -0.3 is 10.0 Å². The number of hydrogen-bond donors (Lipinski definition) is 1. The number of aliphatic hydroxyl groups is 1. The molecule has 20 heavy (non-hydrogen) atoms. The van der Waals surface area contributed by atoms with Crippen LogP contribution in [-0.4, -0.2) is 36.4 Å². The fraction of sp³-hybridized carbons (Fsp3) is 0.235. The van der Waals surface area contributed by atoms with Crippen LogP contribution in [0.4, 0.5) is 0 Å². The minimum absolute atomic E-state index is 0.0353.